The van der Waals surface area contributed by atoms with Gasteiger partial charge in [-0.3, -0.25) is 15.0 Å². The van der Waals surface area contributed by atoms with Crippen LogP contribution in [0.4, 0.5) is 9.18 Å². The molecule has 3 amide bonds. The van der Waals surface area contributed by atoms with Gasteiger partial charge in [0.1, 0.15) is 5.82 Å². The van der Waals surface area contributed by atoms with Crippen LogP contribution in [0.15, 0.2) is 18.2 Å². The molecule has 0 bridgehead atoms. The number of halogens is 2. The van der Waals surface area contributed by atoms with Crippen molar-refractivity contribution >= 4 is 23.5 Å². The summed E-state index contributed by atoms with van der Waals surface area (Å²) >= 11 is 6.16. The minimum Gasteiger partial charge on any atom is -0.351 e. The van der Waals surface area contributed by atoms with E-state index in [1.165, 1.54) is 6.07 Å². The van der Waals surface area contributed by atoms with E-state index in [9.17, 15) is 14.0 Å². The third-order valence-electron chi connectivity index (χ3n) is 5.17. The highest BCUT2D eigenvalue weighted by Crippen LogP contribution is 2.34. The summed E-state index contributed by atoms with van der Waals surface area (Å²) in [6.45, 7) is 4.51. The smallest absolute Gasteiger partial charge is 0.318 e. The first-order valence-corrected chi connectivity index (χ1v) is 8.93. The predicted octanol–water partition coefficient (Wildman–Crippen LogP) is 3.30. The number of carbonyl (C=O) groups excluding carboxylic acids is 2. The topological polar surface area (TPSA) is 75.4 Å². The van der Waals surface area contributed by atoms with Crippen molar-refractivity contribution in [2.24, 2.45) is 17.6 Å². The van der Waals surface area contributed by atoms with Crippen molar-refractivity contribution in [3.8, 4) is 0 Å². The van der Waals surface area contributed by atoms with Crippen molar-refractivity contribution in [2.75, 3.05) is 6.54 Å². The first-order chi connectivity index (χ1) is 11.8. The third kappa shape index (κ3) is 5.16. The summed E-state index contributed by atoms with van der Waals surface area (Å²) in [6, 6.07) is 3.76. The van der Waals surface area contributed by atoms with Gasteiger partial charge in [-0.05, 0) is 30.4 Å². The van der Waals surface area contributed by atoms with Crippen molar-refractivity contribution in [2.45, 2.75) is 45.7 Å². The van der Waals surface area contributed by atoms with Crippen LogP contribution < -0.4 is 11.1 Å². The quantitative estimate of drug-likeness (QED) is 0.836. The third-order valence-corrected chi connectivity index (χ3v) is 5.52. The van der Waals surface area contributed by atoms with Gasteiger partial charge in [0.25, 0.3) is 0 Å². The van der Waals surface area contributed by atoms with Crippen LogP contribution in [-0.4, -0.2) is 29.4 Å². The molecule has 0 radical (unpaired) electrons. The lowest BCUT2D eigenvalue weighted by atomic mass is 9.77. The highest BCUT2D eigenvalue weighted by Gasteiger charge is 2.33. The molecule has 0 saturated heterocycles. The Morgan fingerprint density at radius 3 is 2.72 bits per heavy atom. The zero-order valence-electron chi connectivity index (χ0n) is 14.6. The zero-order valence-corrected chi connectivity index (χ0v) is 15.4. The minimum absolute atomic E-state index is 0.0324. The van der Waals surface area contributed by atoms with E-state index in [0.717, 1.165) is 19.3 Å². The standard InChI is InChI=1S/C18H25ClFN3O2/c1-11-5-3-8-16(12(11)2)23(10-17(24)22-18(21)25)9-13-14(19)6-4-7-15(13)20/h4,6-7,11-12,16H,3,5,8-10H2,1-2H3,(H3,21,22,24,25)/t11-,12-,16-/m1/s1. The highest BCUT2D eigenvalue weighted by atomic mass is 35.5. The number of rotatable bonds is 5. The lowest BCUT2D eigenvalue weighted by molar-refractivity contribution is -0.122. The molecule has 1 aromatic rings. The van der Waals surface area contributed by atoms with Crippen molar-refractivity contribution in [3.63, 3.8) is 0 Å². The molecule has 2 rings (SSSR count). The van der Waals surface area contributed by atoms with Gasteiger partial charge >= 0.3 is 6.03 Å². The Morgan fingerprint density at radius 1 is 1.36 bits per heavy atom. The Labute approximate surface area is 152 Å². The summed E-state index contributed by atoms with van der Waals surface area (Å²) in [6.07, 6.45) is 3.11. The summed E-state index contributed by atoms with van der Waals surface area (Å²) in [7, 11) is 0. The molecule has 25 heavy (non-hydrogen) atoms. The van der Waals surface area contributed by atoms with Gasteiger partial charge in [0.15, 0.2) is 0 Å². The second kappa shape index (κ2) is 8.63. The Kier molecular flexibility index (Phi) is 6.79. The molecule has 1 saturated carbocycles. The molecule has 1 aliphatic rings. The first-order valence-electron chi connectivity index (χ1n) is 8.55. The van der Waals surface area contributed by atoms with Gasteiger partial charge in [-0.1, -0.05) is 44.4 Å². The van der Waals surface area contributed by atoms with E-state index in [-0.39, 0.29) is 19.1 Å². The number of imide groups is 1. The summed E-state index contributed by atoms with van der Waals surface area (Å²) in [5, 5.41) is 2.42. The molecule has 1 aliphatic carbocycles. The first kappa shape index (κ1) is 19.7. The van der Waals surface area contributed by atoms with E-state index in [0.29, 0.717) is 22.4 Å². The van der Waals surface area contributed by atoms with Crippen molar-refractivity contribution in [1.29, 1.82) is 0 Å². The lowest BCUT2D eigenvalue weighted by Crippen LogP contribution is -2.49. The van der Waals surface area contributed by atoms with Gasteiger partial charge in [-0.15, -0.1) is 0 Å². The fraction of sp³-hybridized carbons (Fsp3) is 0.556. The number of amides is 3. The second-order valence-electron chi connectivity index (χ2n) is 6.85. The highest BCUT2D eigenvalue weighted by molar-refractivity contribution is 6.31. The second-order valence-corrected chi connectivity index (χ2v) is 7.26. The normalized spacial score (nSPS) is 23.5. The van der Waals surface area contributed by atoms with Crippen LogP contribution in [0, 0.1) is 17.7 Å². The minimum atomic E-state index is -0.890. The maximum Gasteiger partial charge on any atom is 0.318 e. The molecule has 5 nitrogen and oxygen atoms in total. The van der Waals surface area contributed by atoms with Gasteiger partial charge in [0.2, 0.25) is 5.91 Å². The molecular weight excluding hydrogens is 345 g/mol. The largest absolute Gasteiger partial charge is 0.351 e. The maximum atomic E-state index is 14.2. The molecule has 138 valence electrons. The Morgan fingerprint density at radius 2 is 2.08 bits per heavy atom. The molecule has 1 fully saturated rings. The van der Waals surface area contributed by atoms with Crippen LogP contribution in [0.5, 0.6) is 0 Å². The van der Waals surface area contributed by atoms with E-state index >= 15 is 0 Å². The van der Waals surface area contributed by atoms with Gasteiger partial charge in [-0.25, -0.2) is 9.18 Å². The number of hydrogen-bond acceptors (Lipinski definition) is 3. The summed E-state index contributed by atoms with van der Waals surface area (Å²) in [5.41, 5.74) is 5.39. The fourth-order valence-electron chi connectivity index (χ4n) is 3.61. The SMILES string of the molecule is C[C@@H]1[C@H](C)CCC[C@H]1N(CC(=O)NC(N)=O)Cc1c(F)cccc1Cl. The molecule has 1 aromatic carbocycles. The van der Waals surface area contributed by atoms with Crippen LogP contribution in [0.3, 0.4) is 0 Å². The van der Waals surface area contributed by atoms with E-state index in [1.807, 2.05) is 4.90 Å². The zero-order chi connectivity index (χ0) is 18.6. The summed E-state index contributed by atoms with van der Waals surface area (Å²) in [5.74, 6) is -0.0353. The van der Waals surface area contributed by atoms with E-state index < -0.39 is 17.8 Å². The van der Waals surface area contributed by atoms with E-state index in [2.05, 4.69) is 19.2 Å². The molecule has 0 aliphatic heterocycles. The number of hydrogen-bond donors (Lipinski definition) is 2. The molecule has 7 heteroatoms. The monoisotopic (exact) mass is 369 g/mol. The van der Waals surface area contributed by atoms with Crippen molar-refractivity contribution in [3.05, 3.63) is 34.6 Å². The van der Waals surface area contributed by atoms with Gasteiger partial charge in [0.05, 0.1) is 6.54 Å². The van der Waals surface area contributed by atoms with Gasteiger partial charge in [0, 0.05) is 23.2 Å². The molecule has 0 aromatic heterocycles. The predicted molar refractivity (Wildman–Crippen MR) is 95.5 cm³/mol. The van der Waals surface area contributed by atoms with E-state index in [4.69, 9.17) is 17.3 Å². The van der Waals surface area contributed by atoms with Gasteiger partial charge < -0.3 is 5.73 Å². The summed E-state index contributed by atoms with van der Waals surface area (Å²) < 4.78 is 14.2. The van der Waals surface area contributed by atoms with E-state index in [1.54, 1.807) is 12.1 Å². The molecule has 0 unspecified atom stereocenters. The molecule has 0 spiro atoms. The molecular formula is C18H25ClFN3O2. The Hall–Kier alpha value is -1.66. The van der Waals surface area contributed by atoms with Crippen molar-refractivity contribution < 1.29 is 14.0 Å². The number of benzene rings is 1. The number of carbonyl (C=O) groups is 2. The number of nitrogens with zero attached hydrogens (tertiary/aromatic N) is 1. The number of urea groups is 1. The van der Waals surface area contributed by atoms with Crippen molar-refractivity contribution in [1.82, 2.24) is 10.2 Å². The fourth-order valence-corrected chi connectivity index (χ4v) is 3.83. The van der Waals surface area contributed by atoms with Crippen LogP contribution in [0.1, 0.15) is 38.7 Å². The lowest BCUT2D eigenvalue weighted by Gasteiger charge is -2.41. The Bertz CT molecular complexity index is 620. The summed E-state index contributed by atoms with van der Waals surface area (Å²) in [4.78, 5) is 24.9. The van der Waals surface area contributed by atoms with Crippen LogP contribution in [0.25, 0.3) is 0 Å². The number of primary amides is 1. The molecule has 3 N–H and O–H groups in total. The maximum absolute atomic E-state index is 14.2. The van der Waals surface area contributed by atoms with Crippen LogP contribution in [0.2, 0.25) is 5.02 Å². The molecule has 3 atom stereocenters. The van der Waals surface area contributed by atoms with Gasteiger partial charge in [-0.2, -0.15) is 0 Å². The number of nitrogens with two attached hydrogens (primary N) is 1. The van der Waals surface area contributed by atoms with Crippen LogP contribution >= 0.6 is 11.6 Å². The molecule has 0 heterocycles. The Balaban J connectivity index is 2.25. The average Bonchev–Trinajstić information content (AvgIpc) is 2.52. The average molecular weight is 370 g/mol. The van der Waals surface area contributed by atoms with Crippen LogP contribution in [-0.2, 0) is 11.3 Å². The number of nitrogens with one attached hydrogen (secondary N) is 1.